The van der Waals surface area contributed by atoms with E-state index < -0.39 is 0 Å². The molecule has 0 unspecified atom stereocenters. The molecule has 0 spiro atoms. The van der Waals surface area contributed by atoms with E-state index in [1.54, 1.807) is 4.90 Å². The number of nitrogens with one attached hydrogen (secondary N) is 2. The van der Waals surface area contributed by atoms with Crippen LogP contribution in [0.15, 0.2) is 24.3 Å². The normalized spacial score (nSPS) is 22.6. The molecule has 2 fully saturated rings. The molecule has 2 aliphatic heterocycles. The minimum absolute atomic E-state index is 0.0190. The first-order valence-electron chi connectivity index (χ1n) is 10.2. The number of ether oxygens (including phenoxy) is 1. The molecule has 2 N–H and O–H groups in total. The second kappa shape index (κ2) is 8.32. The van der Waals surface area contributed by atoms with Crippen molar-refractivity contribution in [2.45, 2.75) is 45.2 Å². The third-order valence-corrected chi connectivity index (χ3v) is 5.68. The van der Waals surface area contributed by atoms with E-state index in [-0.39, 0.29) is 29.8 Å². The predicted molar refractivity (Wildman–Crippen MR) is 106 cm³/mol. The van der Waals surface area contributed by atoms with E-state index in [4.69, 9.17) is 4.74 Å². The van der Waals surface area contributed by atoms with Crippen LogP contribution in [-0.2, 0) is 9.53 Å². The Balaban J connectivity index is 1.53. The first-order chi connectivity index (χ1) is 14.0. The Morgan fingerprint density at radius 3 is 2.72 bits per heavy atom. The first-order valence-corrected chi connectivity index (χ1v) is 10.2. The molecule has 3 heterocycles. The molecule has 1 aromatic carbocycles. The number of rotatable bonds is 4. The molecule has 8 heteroatoms. The minimum Gasteiger partial charge on any atom is -0.381 e. The maximum Gasteiger partial charge on any atom is 0.254 e. The Labute approximate surface area is 170 Å². The van der Waals surface area contributed by atoms with E-state index in [2.05, 4.69) is 20.5 Å². The van der Waals surface area contributed by atoms with Gasteiger partial charge in [0.25, 0.3) is 5.91 Å². The van der Waals surface area contributed by atoms with Crippen LogP contribution in [0.4, 0.5) is 0 Å². The number of aromatic amines is 1. The molecule has 0 radical (unpaired) electrons. The van der Waals surface area contributed by atoms with Crippen LogP contribution in [0, 0.1) is 19.8 Å². The monoisotopic (exact) mass is 397 g/mol. The number of aromatic nitrogens is 3. The highest BCUT2D eigenvalue weighted by atomic mass is 16.5. The van der Waals surface area contributed by atoms with E-state index in [1.165, 1.54) is 0 Å². The lowest BCUT2D eigenvalue weighted by Gasteiger charge is -2.24. The van der Waals surface area contributed by atoms with Crippen LogP contribution in [0.3, 0.4) is 0 Å². The Morgan fingerprint density at radius 1 is 1.24 bits per heavy atom. The van der Waals surface area contributed by atoms with Gasteiger partial charge in [0.05, 0.1) is 6.04 Å². The van der Waals surface area contributed by atoms with Crippen LogP contribution in [0.5, 0.6) is 0 Å². The summed E-state index contributed by atoms with van der Waals surface area (Å²) >= 11 is 0. The van der Waals surface area contributed by atoms with Crippen molar-refractivity contribution in [2.24, 2.45) is 5.92 Å². The van der Waals surface area contributed by atoms with Gasteiger partial charge in [-0.15, -0.1) is 0 Å². The number of hydrogen-bond donors (Lipinski definition) is 2. The number of carbonyl (C=O) groups excluding carboxylic acids is 2. The summed E-state index contributed by atoms with van der Waals surface area (Å²) in [5.41, 5.74) is 1.67. The SMILES string of the molecule is Cc1cccc(C(=O)N2C[C@@H](NC(=O)C3CCOCC3)C[C@H]2c2n[nH]c(C)n2)c1. The number of carbonyl (C=O) groups is 2. The number of likely N-dealkylation sites (tertiary alicyclic amines) is 1. The summed E-state index contributed by atoms with van der Waals surface area (Å²) in [5.74, 6) is 1.26. The van der Waals surface area contributed by atoms with E-state index in [0.29, 0.717) is 43.4 Å². The summed E-state index contributed by atoms with van der Waals surface area (Å²) in [4.78, 5) is 32.2. The molecule has 2 saturated heterocycles. The molecule has 0 aliphatic carbocycles. The van der Waals surface area contributed by atoms with Gasteiger partial charge < -0.3 is 15.0 Å². The third kappa shape index (κ3) is 4.32. The Morgan fingerprint density at radius 2 is 2.03 bits per heavy atom. The van der Waals surface area contributed by atoms with Crippen molar-refractivity contribution in [3.8, 4) is 0 Å². The molecule has 4 rings (SSSR count). The lowest BCUT2D eigenvalue weighted by atomic mass is 9.99. The molecular formula is C21H27N5O3. The van der Waals surface area contributed by atoms with Gasteiger partial charge in [0.2, 0.25) is 5.91 Å². The van der Waals surface area contributed by atoms with Gasteiger partial charge in [-0.25, -0.2) is 4.98 Å². The van der Waals surface area contributed by atoms with Crippen LogP contribution in [0.1, 0.15) is 52.9 Å². The van der Waals surface area contributed by atoms with Crippen molar-refractivity contribution in [3.05, 3.63) is 47.0 Å². The highest BCUT2D eigenvalue weighted by Gasteiger charge is 2.40. The van der Waals surface area contributed by atoms with E-state index >= 15 is 0 Å². The highest BCUT2D eigenvalue weighted by Crippen LogP contribution is 2.32. The van der Waals surface area contributed by atoms with Crippen LogP contribution in [0.25, 0.3) is 0 Å². The lowest BCUT2D eigenvalue weighted by molar-refractivity contribution is -0.128. The number of aryl methyl sites for hydroxylation is 2. The van der Waals surface area contributed by atoms with Crippen molar-refractivity contribution >= 4 is 11.8 Å². The zero-order valence-electron chi connectivity index (χ0n) is 16.9. The van der Waals surface area contributed by atoms with Crippen LogP contribution >= 0.6 is 0 Å². The van der Waals surface area contributed by atoms with Gasteiger partial charge in [-0.1, -0.05) is 17.7 Å². The number of benzene rings is 1. The minimum atomic E-state index is -0.270. The quantitative estimate of drug-likeness (QED) is 0.821. The fraction of sp³-hybridized carbons (Fsp3) is 0.524. The van der Waals surface area contributed by atoms with Crippen molar-refractivity contribution in [1.82, 2.24) is 25.4 Å². The van der Waals surface area contributed by atoms with E-state index in [0.717, 1.165) is 18.4 Å². The smallest absolute Gasteiger partial charge is 0.254 e. The largest absolute Gasteiger partial charge is 0.381 e. The molecule has 1 aromatic heterocycles. The standard InChI is InChI=1S/C21H27N5O3/c1-13-4-3-5-16(10-13)21(28)26-12-17(11-18(26)19-22-14(2)24-25-19)23-20(27)15-6-8-29-9-7-15/h3-5,10,15,17-18H,6-9,11-12H2,1-2H3,(H,23,27)(H,22,24,25)/t17-,18-/m0/s1. The summed E-state index contributed by atoms with van der Waals surface area (Å²) < 4.78 is 5.35. The maximum absolute atomic E-state index is 13.3. The topological polar surface area (TPSA) is 100 Å². The van der Waals surface area contributed by atoms with Crippen molar-refractivity contribution in [2.75, 3.05) is 19.8 Å². The highest BCUT2D eigenvalue weighted by molar-refractivity contribution is 5.95. The Bertz CT molecular complexity index is 890. The van der Waals surface area contributed by atoms with Crippen LogP contribution in [0.2, 0.25) is 0 Å². The van der Waals surface area contributed by atoms with E-state index in [1.807, 2.05) is 38.1 Å². The van der Waals surface area contributed by atoms with Gasteiger partial charge in [-0.05, 0) is 45.2 Å². The molecule has 2 atom stereocenters. The molecule has 0 saturated carbocycles. The van der Waals surface area contributed by atoms with Crippen LogP contribution < -0.4 is 5.32 Å². The zero-order valence-corrected chi connectivity index (χ0v) is 16.9. The summed E-state index contributed by atoms with van der Waals surface area (Å²) in [6.45, 7) is 5.50. The maximum atomic E-state index is 13.3. The van der Waals surface area contributed by atoms with Gasteiger partial charge >= 0.3 is 0 Å². The lowest BCUT2D eigenvalue weighted by Crippen LogP contribution is -2.42. The van der Waals surface area contributed by atoms with Gasteiger partial charge in [0.15, 0.2) is 5.82 Å². The zero-order chi connectivity index (χ0) is 20.4. The second-order valence-corrected chi connectivity index (χ2v) is 7.95. The Kier molecular flexibility index (Phi) is 5.62. The van der Waals surface area contributed by atoms with Gasteiger partial charge in [0.1, 0.15) is 5.82 Å². The van der Waals surface area contributed by atoms with Crippen molar-refractivity contribution in [1.29, 1.82) is 0 Å². The number of H-pyrrole nitrogens is 1. The summed E-state index contributed by atoms with van der Waals surface area (Å²) in [7, 11) is 0. The number of hydrogen-bond acceptors (Lipinski definition) is 5. The van der Waals surface area contributed by atoms with Crippen LogP contribution in [-0.4, -0.2) is 57.7 Å². The van der Waals surface area contributed by atoms with Gasteiger partial charge in [-0.3, -0.25) is 14.7 Å². The molecule has 8 nitrogen and oxygen atoms in total. The molecule has 2 amide bonds. The molecule has 154 valence electrons. The third-order valence-electron chi connectivity index (χ3n) is 5.68. The van der Waals surface area contributed by atoms with Gasteiger partial charge in [0, 0.05) is 37.3 Å². The molecule has 2 aliphatic rings. The molecule has 0 bridgehead atoms. The number of nitrogens with zero attached hydrogens (tertiary/aromatic N) is 3. The van der Waals surface area contributed by atoms with Gasteiger partial charge in [-0.2, -0.15) is 5.10 Å². The van der Waals surface area contributed by atoms with Crippen molar-refractivity contribution < 1.29 is 14.3 Å². The Hall–Kier alpha value is -2.74. The predicted octanol–water partition coefficient (Wildman–Crippen LogP) is 1.92. The second-order valence-electron chi connectivity index (χ2n) is 7.95. The molecular weight excluding hydrogens is 370 g/mol. The summed E-state index contributed by atoms with van der Waals surface area (Å²) in [6, 6.07) is 7.17. The average molecular weight is 397 g/mol. The summed E-state index contributed by atoms with van der Waals surface area (Å²) in [5, 5.41) is 10.3. The average Bonchev–Trinajstić information content (AvgIpc) is 3.34. The number of amides is 2. The van der Waals surface area contributed by atoms with Crippen molar-refractivity contribution in [3.63, 3.8) is 0 Å². The molecule has 29 heavy (non-hydrogen) atoms. The summed E-state index contributed by atoms with van der Waals surface area (Å²) in [6.07, 6.45) is 2.09. The molecule has 2 aromatic rings. The first kappa shape index (κ1) is 19.6. The van der Waals surface area contributed by atoms with E-state index in [9.17, 15) is 9.59 Å². The fourth-order valence-corrected chi connectivity index (χ4v) is 4.14. The fourth-order valence-electron chi connectivity index (χ4n) is 4.14.